The fourth-order valence-electron chi connectivity index (χ4n) is 6.19. The molecule has 2 amide bonds. The van der Waals surface area contributed by atoms with Gasteiger partial charge in [-0.15, -0.1) is 0 Å². The number of nitrogens with one attached hydrogen (secondary N) is 3. The molecular formula is C33H31Cl2FN6O5. The quantitative estimate of drug-likeness (QED) is 0.251. The van der Waals surface area contributed by atoms with Crippen molar-refractivity contribution >= 4 is 40.7 Å². The Hall–Kier alpha value is -4.52. The lowest BCUT2D eigenvalue weighted by Crippen LogP contribution is -2.40. The van der Waals surface area contributed by atoms with Crippen LogP contribution >= 0.6 is 23.2 Å². The second-order valence-electron chi connectivity index (χ2n) is 11.6. The average molecular weight is 682 g/mol. The first kappa shape index (κ1) is 32.4. The molecule has 2 aliphatic rings. The molecule has 2 aromatic heterocycles. The topological polar surface area (TPSA) is 136 Å². The number of benzene rings is 2. The van der Waals surface area contributed by atoms with E-state index >= 15 is 4.39 Å². The lowest BCUT2D eigenvalue weighted by Gasteiger charge is -2.20. The Balaban J connectivity index is 1.32. The van der Waals surface area contributed by atoms with E-state index in [-0.39, 0.29) is 44.9 Å². The zero-order chi connectivity index (χ0) is 33.6. The molecule has 1 aliphatic carbocycles. The highest BCUT2D eigenvalue weighted by Gasteiger charge is 2.30. The Morgan fingerprint density at radius 3 is 2.55 bits per heavy atom. The molecule has 244 valence electrons. The summed E-state index contributed by atoms with van der Waals surface area (Å²) in [6.45, 7) is 0.646. The smallest absolute Gasteiger partial charge is 0.330 e. The van der Waals surface area contributed by atoms with E-state index in [2.05, 4.69) is 16.0 Å². The van der Waals surface area contributed by atoms with Crippen molar-refractivity contribution in [1.29, 1.82) is 0 Å². The van der Waals surface area contributed by atoms with Gasteiger partial charge in [0.05, 0.1) is 28.5 Å². The largest absolute Gasteiger partial charge is 0.481 e. The third kappa shape index (κ3) is 6.16. The van der Waals surface area contributed by atoms with Crippen LogP contribution < -0.4 is 31.9 Å². The van der Waals surface area contributed by atoms with E-state index in [9.17, 15) is 19.2 Å². The van der Waals surface area contributed by atoms with Gasteiger partial charge in [-0.3, -0.25) is 19.0 Å². The predicted molar refractivity (Wildman–Crippen MR) is 177 cm³/mol. The van der Waals surface area contributed by atoms with E-state index in [0.717, 1.165) is 51.8 Å². The van der Waals surface area contributed by atoms with Crippen molar-refractivity contribution in [2.75, 3.05) is 19.0 Å². The molecule has 1 saturated heterocycles. The molecule has 47 heavy (non-hydrogen) atoms. The third-order valence-electron chi connectivity index (χ3n) is 8.59. The van der Waals surface area contributed by atoms with Crippen LogP contribution in [-0.4, -0.2) is 45.6 Å². The summed E-state index contributed by atoms with van der Waals surface area (Å²) in [5.41, 5.74) is 1.92. The summed E-state index contributed by atoms with van der Waals surface area (Å²) in [5.74, 6) is -1.04. The van der Waals surface area contributed by atoms with E-state index in [1.54, 1.807) is 25.3 Å². The maximum Gasteiger partial charge on any atom is 0.330 e. The molecule has 0 bridgehead atoms. The van der Waals surface area contributed by atoms with Gasteiger partial charge in [0.2, 0.25) is 11.8 Å². The SMILES string of the molecule is COc1nc(-c2cccc(-c3cc(F)cc(NC(=O)c4cn(C)c(=O)n(C)c4=O)c3Cl)c2Cl)cc2c1[C@@H](NC[C@@H]1CCC(=O)N1)CC2. The van der Waals surface area contributed by atoms with Gasteiger partial charge in [0, 0.05) is 67.6 Å². The number of fused-ring (bicyclic) bond motifs is 1. The minimum absolute atomic E-state index is 0.00712. The van der Waals surface area contributed by atoms with Crippen molar-refractivity contribution in [2.45, 2.75) is 37.8 Å². The molecular weight excluding hydrogens is 650 g/mol. The van der Waals surface area contributed by atoms with Crippen LogP contribution in [0.4, 0.5) is 10.1 Å². The Morgan fingerprint density at radius 1 is 1.06 bits per heavy atom. The lowest BCUT2D eigenvalue weighted by molar-refractivity contribution is -0.119. The number of aryl methyl sites for hydroxylation is 2. The van der Waals surface area contributed by atoms with Crippen molar-refractivity contribution in [3.63, 3.8) is 0 Å². The summed E-state index contributed by atoms with van der Waals surface area (Å²) in [6, 6.07) is 9.52. The van der Waals surface area contributed by atoms with Gasteiger partial charge in [0.15, 0.2) is 0 Å². The minimum atomic E-state index is -0.866. The van der Waals surface area contributed by atoms with Crippen LogP contribution in [0.25, 0.3) is 22.4 Å². The molecule has 3 N–H and O–H groups in total. The summed E-state index contributed by atoms with van der Waals surface area (Å²) < 4.78 is 22.6. The van der Waals surface area contributed by atoms with Gasteiger partial charge >= 0.3 is 5.69 Å². The highest BCUT2D eigenvalue weighted by Crippen LogP contribution is 2.44. The van der Waals surface area contributed by atoms with E-state index < -0.39 is 23.0 Å². The second-order valence-corrected chi connectivity index (χ2v) is 12.4. The van der Waals surface area contributed by atoms with Crippen LogP contribution in [0.1, 0.15) is 46.8 Å². The first-order valence-corrected chi connectivity index (χ1v) is 15.7. The van der Waals surface area contributed by atoms with Gasteiger partial charge in [-0.25, -0.2) is 14.2 Å². The van der Waals surface area contributed by atoms with Crippen LogP contribution in [0.2, 0.25) is 10.0 Å². The molecule has 11 nitrogen and oxygen atoms in total. The molecule has 0 saturated carbocycles. The molecule has 2 atom stereocenters. The van der Waals surface area contributed by atoms with E-state index in [1.807, 2.05) is 6.07 Å². The lowest BCUT2D eigenvalue weighted by atomic mass is 9.99. The van der Waals surface area contributed by atoms with Crippen molar-refractivity contribution < 1.29 is 18.7 Å². The molecule has 6 rings (SSSR count). The summed E-state index contributed by atoms with van der Waals surface area (Å²) in [5, 5.41) is 9.28. The fraction of sp³-hybridized carbons (Fsp3) is 0.303. The van der Waals surface area contributed by atoms with Crippen molar-refractivity contribution in [2.24, 2.45) is 14.1 Å². The number of carbonyl (C=O) groups excluding carboxylic acids is 2. The highest BCUT2D eigenvalue weighted by atomic mass is 35.5. The number of rotatable bonds is 8. The highest BCUT2D eigenvalue weighted by molar-refractivity contribution is 6.39. The van der Waals surface area contributed by atoms with Crippen LogP contribution in [0.3, 0.4) is 0 Å². The predicted octanol–water partition coefficient (Wildman–Crippen LogP) is 4.38. The number of halogens is 3. The summed E-state index contributed by atoms with van der Waals surface area (Å²) in [6.07, 6.45) is 4.07. The molecule has 1 fully saturated rings. The molecule has 0 spiro atoms. The zero-order valence-electron chi connectivity index (χ0n) is 25.7. The summed E-state index contributed by atoms with van der Waals surface area (Å²) in [7, 11) is 4.22. The van der Waals surface area contributed by atoms with Crippen molar-refractivity contribution in [3.8, 4) is 28.3 Å². The first-order valence-electron chi connectivity index (χ1n) is 14.9. The third-order valence-corrected chi connectivity index (χ3v) is 9.41. The van der Waals surface area contributed by atoms with Crippen LogP contribution in [0.15, 0.2) is 52.2 Å². The molecule has 3 heterocycles. The number of carbonyl (C=O) groups is 2. The van der Waals surface area contributed by atoms with Crippen molar-refractivity contribution in [3.05, 3.63) is 96.0 Å². The number of hydrogen-bond acceptors (Lipinski definition) is 7. The number of nitrogens with zero attached hydrogens (tertiary/aromatic N) is 3. The fourth-order valence-corrected chi connectivity index (χ4v) is 6.77. The van der Waals surface area contributed by atoms with E-state index in [0.29, 0.717) is 35.7 Å². The number of aromatic nitrogens is 3. The van der Waals surface area contributed by atoms with Gasteiger partial charge in [0.25, 0.3) is 11.5 Å². The van der Waals surface area contributed by atoms with Gasteiger partial charge in [-0.1, -0.05) is 41.4 Å². The molecule has 4 aromatic rings. The molecule has 2 aromatic carbocycles. The summed E-state index contributed by atoms with van der Waals surface area (Å²) >= 11 is 13.7. The van der Waals surface area contributed by atoms with Gasteiger partial charge in [-0.2, -0.15) is 0 Å². The van der Waals surface area contributed by atoms with Crippen LogP contribution in [0, 0.1) is 5.82 Å². The van der Waals surface area contributed by atoms with Crippen LogP contribution in [-0.2, 0) is 25.3 Å². The standard InChI is InChI=1S/C33H31Cl2FN6O5/c1-41-15-22(32(45)42(2)33(41)46)30(44)39-25-13-17(36)12-21(29(25)35)19-5-4-6-20(28(19)34)24-11-16-7-9-23(27(16)31(40-24)47-3)37-14-18-8-10-26(43)38-18/h4-6,11-13,15,18,23,37H,7-10,14H2,1-3H3,(H,38,43)(H,39,44)/t18-,23-/m0/s1. The number of anilines is 1. The molecule has 14 heteroatoms. The zero-order valence-corrected chi connectivity index (χ0v) is 27.3. The van der Waals surface area contributed by atoms with Gasteiger partial charge < -0.3 is 25.3 Å². The van der Waals surface area contributed by atoms with E-state index in [4.69, 9.17) is 32.9 Å². The van der Waals surface area contributed by atoms with E-state index in [1.165, 1.54) is 20.2 Å². The number of ether oxygens (including phenoxy) is 1. The number of pyridine rings is 1. The Bertz CT molecular complexity index is 2060. The Labute approximate surface area is 278 Å². The normalized spacial score (nSPS) is 17.0. The Morgan fingerprint density at radius 2 is 1.83 bits per heavy atom. The maximum absolute atomic E-state index is 15.0. The van der Waals surface area contributed by atoms with Crippen LogP contribution in [0.5, 0.6) is 5.88 Å². The molecule has 0 radical (unpaired) electrons. The monoisotopic (exact) mass is 680 g/mol. The first-order chi connectivity index (χ1) is 22.5. The second kappa shape index (κ2) is 12.9. The molecule has 0 unspecified atom stereocenters. The Kier molecular flexibility index (Phi) is 8.93. The van der Waals surface area contributed by atoms with Crippen molar-refractivity contribution in [1.82, 2.24) is 24.8 Å². The number of amides is 2. The minimum Gasteiger partial charge on any atom is -0.481 e. The number of methoxy groups -OCH3 is 1. The number of hydrogen-bond donors (Lipinski definition) is 3. The molecule has 1 aliphatic heterocycles. The van der Waals surface area contributed by atoms with Gasteiger partial charge in [0.1, 0.15) is 11.4 Å². The maximum atomic E-state index is 15.0. The average Bonchev–Trinajstić information content (AvgIpc) is 3.67. The summed E-state index contributed by atoms with van der Waals surface area (Å²) in [4.78, 5) is 54.1. The van der Waals surface area contributed by atoms with Gasteiger partial charge in [-0.05, 0) is 43.0 Å².